The van der Waals surface area contributed by atoms with Gasteiger partial charge in [0.15, 0.2) is 34.6 Å². The van der Waals surface area contributed by atoms with Crippen molar-refractivity contribution in [1.82, 2.24) is 4.90 Å². The topological polar surface area (TPSA) is 124 Å². The SMILES string of the molecule is Br.COc1cc2c(c(F)c1OC)C(=N)N(CC(=O)c1cc(OCCCC(N)=O)c(OC)c(C(C)(C)C)c1)C2. The number of halogens is 2. The number of hydrogen-bond acceptors (Lipinski definition) is 7. The van der Waals surface area contributed by atoms with Gasteiger partial charge in [0.2, 0.25) is 5.91 Å². The largest absolute Gasteiger partial charge is 0.493 e. The maximum Gasteiger partial charge on any atom is 0.217 e. The molecule has 208 valence electrons. The molecule has 2 aromatic rings. The van der Waals surface area contributed by atoms with Crippen molar-refractivity contribution in [2.24, 2.45) is 5.73 Å². The minimum absolute atomic E-state index is 0. The van der Waals surface area contributed by atoms with E-state index in [9.17, 15) is 9.59 Å². The van der Waals surface area contributed by atoms with Crippen LogP contribution in [0.5, 0.6) is 23.0 Å². The summed E-state index contributed by atoms with van der Waals surface area (Å²) in [5, 5.41) is 8.53. The van der Waals surface area contributed by atoms with Gasteiger partial charge >= 0.3 is 0 Å². The fraction of sp³-hybridized carbons (Fsp3) is 0.444. The van der Waals surface area contributed by atoms with Crippen molar-refractivity contribution in [2.45, 2.75) is 45.6 Å². The zero-order valence-electron chi connectivity index (χ0n) is 22.5. The number of rotatable bonds is 11. The zero-order chi connectivity index (χ0) is 27.5. The fourth-order valence-electron chi connectivity index (χ4n) is 4.29. The normalized spacial score (nSPS) is 12.5. The molecule has 0 radical (unpaired) electrons. The third-order valence-corrected chi connectivity index (χ3v) is 6.16. The molecule has 0 aromatic heterocycles. The molecule has 0 atom stereocenters. The van der Waals surface area contributed by atoms with Crippen LogP contribution in [0.2, 0.25) is 0 Å². The summed E-state index contributed by atoms with van der Waals surface area (Å²) in [6, 6.07) is 4.98. The number of carbonyl (C=O) groups is 2. The molecule has 0 bridgehead atoms. The highest BCUT2D eigenvalue weighted by atomic mass is 79.9. The molecule has 3 rings (SSSR count). The van der Waals surface area contributed by atoms with Gasteiger partial charge in [-0.15, -0.1) is 17.0 Å². The minimum Gasteiger partial charge on any atom is -0.493 e. The lowest BCUT2D eigenvalue weighted by Gasteiger charge is -2.25. The Kier molecular flexibility index (Phi) is 10.1. The molecule has 0 saturated heterocycles. The fourth-order valence-corrected chi connectivity index (χ4v) is 4.29. The van der Waals surface area contributed by atoms with Crippen molar-refractivity contribution >= 4 is 34.5 Å². The highest BCUT2D eigenvalue weighted by molar-refractivity contribution is 8.93. The molecule has 0 spiro atoms. The molecule has 0 aliphatic carbocycles. The summed E-state index contributed by atoms with van der Waals surface area (Å²) in [5.74, 6) is -0.460. The second-order valence-corrected chi connectivity index (χ2v) is 9.81. The van der Waals surface area contributed by atoms with Gasteiger partial charge < -0.3 is 29.6 Å². The van der Waals surface area contributed by atoms with Crippen molar-refractivity contribution in [2.75, 3.05) is 34.5 Å². The van der Waals surface area contributed by atoms with Crippen molar-refractivity contribution < 1.29 is 32.9 Å². The lowest BCUT2D eigenvalue weighted by Crippen LogP contribution is -2.30. The minimum atomic E-state index is -0.692. The summed E-state index contributed by atoms with van der Waals surface area (Å²) in [6.07, 6.45) is 0.597. The van der Waals surface area contributed by atoms with Crippen LogP contribution in [0.3, 0.4) is 0 Å². The van der Waals surface area contributed by atoms with Crippen molar-refractivity contribution in [3.05, 3.63) is 46.3 Å². The van der Waals surface area contributed by atoms with Gasteiger partial charge in [0.1, 0.15) is 5.84 Å². The van der Waals surface area contributed by atoms with E-state index in [0.717, 1.165) is 5.56 Å². The van der Waals surface area contributed by atoms with Gasteiger partial charge in [-0.25, -0.2) is 4.39 Å². The van der Waals surface area contributed by atoms with Crippen LogP contribution < -0.4 is 24.7 Å². The number of ether oxygens (including phenoxy) is 4. The first-order chi connectivity index (χ1) is 17.4. The van der Waals surface area contributed by atoms with Crippen LogP contribution in [-0.2, 0) is 16.8 Å². The van der Waals surface area contributed by atoms with E-state index >= 15 is 4.39 Å². The number of Topliss-reactive ketones (excluding diaryl/α,β-unsaturated/α-hetero) is 1. The van der Waals surface area contributed by atoms with Gasteiger partial charge in [0.05, 0.1) is 40.0 Å². The molecular weight excluding hydrogens is 561 g/mol. The Balaban J connectivity index is 0.00000507. The van der Waals surface area contributed by atoms with Crippen molar-refractivity contribution in [1.29, 1.82) is 5.41 Å². The van der Waals surface area contributed by atoms with Crippen LogP contribution in [0, 0.1) is 11.2 Å². The number of benzene rings is 2. The lowest BCUT2D eigenvalue weighted by atomic mass is 9.84. The van der Waals surface area contributed by atoms with E-state index in [1.807, 2.05) is 20.8 Å². The van der Waals surface area contributed by atoms with Crippen LogP contribution in [0.25, 0.3) is 0 Å². The number of nitrogens with zero attached hydrogens (tertiary/aromatic N) is 1. The van der Waals surface area contributed by atoms with Gasteiger partial charge in [0.25, 0.3) is 0 Å². The van der Waals surface area contributed by atoms with E-state index < -0.39 is 11.7 Å². The average molecular weight is 596 g/mol. The Hall–Kier alpha value is -3.34. The van der Waals surface area contributed by atoms with Gasteiger partial charge in [-0.05, 0) is 35.6 Å². The molecule has 0 saturated carbocycles. The number of amides is 1. The lowest BCUT2D eigenvalue weighted by molar-refractivity contribution is -0.118. The summed E-state index contributed by atoms with van der Waals surface area (Å²) >= 11 is 0. The van der Waals surface area contributed by atoms with Crippen molar-refractivity contribution in [3.8, 4) is 23.0 Å². The quantitative estimate of drug-likeness (QED) is 0.291. The van der Waals surface area contributed by atoms with E-state index in [1.165, 1.54) is 26.2 Å². The second-order valence-electron chi connectivity index (χ2n) is 9.81. The average Bonchev–Trinajstić information content (AvgIpc) is 3.15. The first-order valence-electron chi connectivity index (χ1n) is 11.9. The first-order valence-corrected chi connectivity index (χ1v) is 11.9. The number of nitrogens with one attached hydrogen (secondary N) is 1. The number of ketones is 1. The van der Waals surface area contributed by atoms with Crippen LogP contribution in [0.4, 0.5) is 4.39 Å². The van der Waals surface area contributed by atoms with E-state index in [-0.39, 0.29) is 77.2 Å². The Labute approximate surface area is 232 Å². The molecular formula is C27H35BrFN3O6. The second kappa shape index (κ2) is 12.5. The smallest absolute Gasteiger partial charge is 0.217 e. The number of primary amides is 1. The molecule has 2 aromatic carbocycles. The molecule has 0 fully saturated rings. The molecule has 1 amide bonds. The highest BCUT2D eigenvalue weighted by Gasteiger charge is 2.33. The molecule has 1 aliphatic heterocycles. The maximum atomic E-state index is 15.1. The summed E-state index contributed by atoms with van der Waals surface area (Å²) in [6.45, 7) is 6.23. The summed E-state index contributed by atoms with van der Waals surface area (Å²) in [4.78, 5) is 26.0. The van der Waals surface area contributed by atoms with Crippen LogP contribution in [0.1, 0.15) is 60.7 Å². The Morgan fingerprint density at radius 2 is 1.71 bits per heavy atom. The molecule has 3 N–H and O–H groups in total. The van der Waals surface area contributed by atoms with Crippen molar-refractivity contribution in [3.63, 3.8) is 0 Å². The molecule has 1 aliphatic rings. The number of hydrogen-bond donors (Lipinski definition) is 2. The predicted molar refractivity (Wildman–Crippen MR) is 147 cm³/mol. The van der Waals surface area contributed by atoms with E-state index in [0.29, 0.717) is 29.0 Å². The van der Waals surface area contributed by atoms with E-state index in [2.05, 4.69) is 0 Å². The number of nitrogens with two attached hydrogens (primary N) is 1. The predicted octanol–water partition coefficient (Wildman–Crippen LogP) is 4.40. The van der Waals surface area contributed by atoms with E-state index in [1.54, 1.807) is 18.2 Å². The van der Waals surface area contributed by atoms with Gasteiger partial charge in [0, 0.05) is 24.1 Å². The van der Waals surface area contributed by atoms with Gasteiger partial charge in [-0.1, -0.05) is 20.8 Å². The van der Waals surface area contributed by atoms with Crippen LogP contribution >= 0.6 is 17.0 Å². The standard InChI is InChI=1S/C27H34FN3O6.BrH/c1-27(2,3)17-10-15(11-20(24(17)35-5)37-9-7-8-21(29)33)18(32)14-31-13-16-12-19(34-4)25(36-6)23(28)22(16)26(31)30;/h10-12,30H,7-9,13-14H2,1-6H3,(H2,29,33);1H. The van der Waals surface area contributed by atoms with Gasteiger partial charge in [-0.2, -0.15) is 0 Å². The van der Waals surface area contributed by atoms with Crippen LogP contribution in [0.15, 0.2) is 18.2 Å². The number of fused-ring (bicyclic) bond motifs is 1. The summed E-state index contributed by atoms with van der Waals surface area (Å²) in [5.41, 5.74) is 6.61. The highest BCUT2D eigenvalue weighted by Crippen LogP contribution is 2.41. The molecule has 0 unspecified atom stereocenters. The zero-order valence-corrected chi connectivity index (χ0v) is 24.2. The third-order valence-electron chi connectivity index (χ3n) is 6.16. The maximum absolute atomic E-state index is 15.1. The van der Waals surface area contributed by atoms with E-state index in [4.69, 9.17) is 30.1 Å². The third kappa shape index (κ3) is 6.38. The number of methoxy groups -OCH3 is 3. The first kappa shape index (κ1) is 30.9. The molecule has 11 heteroatoms. The summed E-state index contributed by atoms with van der Waals surface area (Å²) in [7, 11) is 4.27. The number of carbonyl (C=O) groups excluding carboxylic acids is 2. The monoisotopic (exact) mass is 595 g/mol. The Morgan fingerprint density at radius 1 is 1.05 bits per heavy atom. The Morgan fingerprint density at radius 3 is 2.26 bits per heavy atom. The molecule has 38 heavy (non-hydrogen) atoms. The number of amidine groups is 1. The molecule has 9 nitrogen and oxygen atoms in total. The Bertz CT molecular complexity index is 1230. The van der Waals surface area contributed by atoms with Crippen LogP contribution in [-0.4, -0.2) is 56.9 Å². The summed E-state index contributed by atoms with van der Waals surface area (Å²) < 4.78 is 37.0. The molecule has 1 heterocycles. The van der Waals surface area contributed by atoms with Gasteiger partial charge in [-0.3, -0.25) is 15.0 Å².